The highest BCUT2D eigenvalue weighted by Gasteiger charge is 2.21. The van der Waals surface area contributed by atoms with E-state index in [0.29, 0.717) is 18.3 Å². The van der Waals surface area contributed by atoms with Crippen molar-refractivity contribution in [3.8, 4) is 17.6 Å². The van der Waals surface area contributed by atoms with Crippen LogP contribution in [0.1, 0.15) is 54.9 Å². The Bertz CT molecular complexity index is 915. The van der Waals surface area contributed by atoms with Crippen LogP contribution in [-0.4, -0.2) is 12.6 Å². The lowest BCUT2D eigenvalue weighted by atomic mass is 9.81. The van der Waals surface area contributed by atoms with E-state index >= 15 is 0 Å². The number of hydrogen-bond acceptors (Lipinski definition) is 4. The van der Waals surface area contributed by atoms with Gasteiger partial charge in [-0.05, 0) is 48.9 Å². The molecule has 0 saturated heterocycles. The van der Waals surface area contributed by atoms with E-state index in [1.807, 2.05) is 0 Å². The van der Waals surface area contributed by atoms with E-state index in [1.54, 1.807) is 6.07 Å². The number of nitrogens with zero attached hydrogens (tertiary/aromatic N) is 1. The van der Waals surface area contributed by atoms with Crippen LogP contribution in [0.2, 0.25) is 0 Å². The van der Waals surface area contributed by atoms with Crippen molar-refractivity contribution >= 4 is 5.97 Å². The number of rotatable bonds is 6. The summed E-state index contributed by atoms with van der Waals surface area (Å²) < 4.78 is 38.7. The summed E-state index contributed by atoms with van der Waals surface area (Å²) in [6, 6.07) is 9.04. The molecule has 0 amide bonds. The van der Waals surface area contributed by atoms with E-state index in [1.165, 1.54) is 43.5 Å². The first-order chi connectivity index (χ1) is 14.0. The highest BCUT2D eigenvalue weighted by molar-refractivity contribution is 5.91. The highest BCUT2D eigenvalue weighted by Crippen LogP contribution is 2.31. The number of ether oxygens (including phenoxy) is 2. The molecule has 2 aromatic rings. The number of hydrogen-bond donors (Lipinski definition) is 0. The molecular formula is C23H23F2NO3. The van der Waals surface area contributed by atoms with Crippen molar-refractivity contribution in [2.75, 3.05) is 6.61 Å². The molecule has 0 spiro atoms. The van der Waals surface area contributed by atoms with Crippen LogP contribution < -0.4 is 9.47 Å². The summed E-state index contributed by atoms with van der Waals surface area (Å²) in [5, 5.41) is 8.72. The predicted octanol–water partition coefficient (Wildman–Crippen LogP) is 5.65. The second-order valence-corrected chi connectivity index (χ2v) is 7.39. The molecule has 1 aliphatic carbocycles. The van der Waals surface area contributed by atoms with Gasteiger partial charge in [0.2, 0.25) is 0 Å². The van der Waals surface area contributed by atoms with Crippen molar-refractivity contribution in [2.24, 2.45) is 11.8 Å². The van der Waals surface area contributed by atoms with Crippen LogP contribution >= 0.6 is 0 Å². The van der Waals surface area contributed by atoms with E-state index in [9.17, 15) is 13.6 Å². The van der Waals surface area contributed by atoms with Gasteiger partial charge in [-0.1, -0.05) is 26.2 Å². The molecule has 1 saturated carbocycles. The molecule has 0 N–H and O–H groups in total. The third-order valence-electron chi connectivity index (χ3n) is 5.46. The molecule has 0 radical (unpaired) electrons. The quantitative estimate of drug-likeness (QED) is 0.465. The van der Waals surface area contributed by atoms with Gasteiger partial charge in [-0.25, -0.2) is 13.6 Å². The summed E-state index contributed by atoms with van der Waals surface area (Å²) in [6.07, 6.45) is 5.86. The van der Waals surface area contributed by atoms with Crippen LogP contribution in [0.25, 0.3) is 0 Å². The molecule has 152 valence electrons. The molecule has 3 rings (SSSR count). The maximum absolute atomic E-state index is 14.4. The molecule has 0 aliphatic heterocycles. The second kappa shape index (κ2) is 9.51. The van der Waals surface area contributed by atoms with Gasteiger partial charge in [0.25, 0.3) is 0 Å². The third kappa shape index (κ3) is 5.32. The van der Waals surface area contributed by atoms with Crippen molar-refractivity contribution in [3.63, 3.8) is 0 Å². The predicted molar refractivity (Wildman–Crippen MR) is 104 cm³/mol. The van der Waals surface area contributed by atoms with Crippen molar-refractivity contribution in [3.05, 3.63) is 59.2 Å². The first kappa shape index (κ1) is 20.8. The molecule has 0 bridgehead atoms. The maximum atomic E-state index is 14.4. The number of benzene rings is 2. The van der Waals surface area contributed by atoms with Gasteiger partial charge in [-0.2, -0.15) is 5.26 Å². The van der Waals surface area contributed by atoms with E-state index in [2.05, 4.69) is 6.92 Å². The lowest BCUT2D eigenvalue weighted by Crippen LogP contribution is -2.20. The SMILES string of the molecule is CC[C@H]1CC[C@H](COc2ccc(C(=O)Oc3ccc(C#N)c(F)c3)c(F)c2)CC1. The fourth-order valence-corrected chi connectivity index (χ4v) is 3.58. The van der Waals surface area contributed by atoms with Crippen molar-refractivity contribution in [1.82, 2.24) is 0 Å². The van der Waals surface area contributed by atoms with Crippen LogP contribution in [0.5, 0.6) is 11.5 Å². The Morgan fingerprint density at radius 2 is 1.69 bits per heavy atom. The summed E-state index contributed by atoms with van der Waals surface area (Å²) in [5.41, 5.74) is -0.439. The number of esters is 1. The fraction of sp³-hybridized carbons (Fsp3) is 0.391. The van der Waals surface area contributed by atoms with Crippen molar-refractivity contribution < 1.29 is 23.0 Å². The Morgan fingerprint density at radius 1 is 1.03 bits per heavy atom. The Labute approximate surface area is 169 Å². The van der Waals surface area contributed by atoms with Crippen LogP contribution in [0, 0.1) is 34.8 Å². The number of carbonyl (C=O) groups excluding carboxylic acids is 1. The molecule has 0 aromatic heterocycles. The average molecular weight is 399 g/mol. The third-order valence-corrected chi connectivity index (χ3v) is 5.46. The van der Waals surface area contributed by atoms with Gasteiger partial charge in [-0.15, -0.1) is 0 Å². The van der Waals surface area contributed by atoms with Gasteiger partial charge in [0.15, 0.2) is 0 Å². The largest absolute Gasteiger partial charge is 0.493 e. The fourth-order valence-electron chi connectivity index (χ4n) is 3.58. The molecule has 6 heteroatoms. The smallest absolute Gasteiger partial charge is 0.346 e. The lowest BCUT2D eigenvalue weighted by Gasteiger charge is -2.27. The minimum atomic E-state index is -0.948. The van der Waals surface area contributed by atoms with Gasteiger partial charge in [0, 0.05) is 12.1 Å². The lowest BCUT2D eigenvalue weighted by molar-refractivity contribution is 0.0729. The van der Waals surface area contributed by atoms with Gasteiger partial charge in [-0.3, -0.25) is 0 Å². The molecule has 0 heterocycles. The van der Waals surface area contributed by atoms with Gasteiger partial charge < -0.3 is 9.47 Å². The highest BCUT2D eigenvalue weighted by atomic mass is 19.1. The van der Waals surface area contributed by atoms with Gasteiger partial charge in [0.05, 0.1) is 17.7 Å². The summed E-state index contributed by atoms with van der Waals surface area (Å²) in [7, 11) is 0. The zero-order valence-electron chi connectivity index (χ0n) is 16.3. The van der Waals surface area contributed by atoms with E-state index in [0.717, 1.165) is 30.9 Å². The summed E-state index contributed by atoms with van der Waals surface area (Å²) in [6.45, 7) is 2.75. The minimum Gasteiger partial charge on any atom is -0.493 e. The van der Waals surface area contributed by atoms with Crippen LogP contribution in [0.15, 0.2) is 36.4 Å². The van der Waals surface area contributed by atoms with Crippen LogP contribution in [0.3, 0.4) is 0 Å². The number of carbonyl (C=O) groups is 1. The van der Waals surface area contributed by atoms with Crippen LogP contribution in [0.4, 0.5) is 8.78 Å². The molecule has 0 unspecified atom stereocenters. The Balaban J connectivity index is 1.58. The van der Waals surface area contributed by atoms with Gasteiger partial charge >= 0.3 is 5.97 Å². The van der Waals surface area contributed by atoms with Gasteiger partial charge in [0.1, 0.15) is 29.2 Å². The van der Waals surface area contributed by atoms with E-state index in [-0.39, 0.29) is 16.9 Å². The Kier molecular flexibility index (Phi) is 6.82. The number of halogens is 2. The second-order valence-electron chi connectivity index (χ2n) is 7.39. The van der Waals surface area contributed by atoms with Crippen LogP contribution in [-0.2, 0) is 0 Å². The Hall–Kier alpha value is -2.94. The standard InChI is InChI=1S/C23H23F2NO3/c1-2-15-3-5-16(6-4-15)14-28-18-9-10-20(22(25)11-18)23(27)29-19-8-7-17(13-26)21(24)12-19/h7-12,15-16H,2-6,14H2,1H3/t15-,16-. The molecule has 2 aromatic carbocycles. The monoisotopic (exact) mass is 399 g/mol. The Morgan fingerprint density at radius 3 is 2.31 bits per heavy atom. The van der Waals surface area contributed by atoms with Crippen molar-refractivity contribution in [2.45, 2.75) is 39.0 Å². The molecule has 1 fully saturated rings. The molecule has 29 heavy (non-hydrogen) atoms. The summed E-state index contributed by atoms with van der Waals surface area (Å²) in [5.74, 6) is -0.993. The normalized spacial score (nSPS) is 18.7. The zero-order valence-corrected chi connectivity index (χ0v) is 16.3. The topological polar surface area (TPSA) is 59.3 Å². The summed E-state index contributed by atoms with van der Waals surface area (Å²) in [4.78, 5) is 12.2. The molecular weight excluding hydrogens is 376 g/mol. The average Bonchev–Trinajstić information content (AvgIpc) is 2.72. The zero-order chi connectivity index (χ0) is 20.8. The maximum Gasteiger partial charge on any atom is 0.346 e. The number of nitriles is 1. The first-order valence-electron chi connectivity index (χ1n) is 9.84. The molecule has 1 aliphatic rings. The minimum absolute atomic E-state index is 0.103. The molecule has 4 nitrogen and oxygen atoms in total. The van der Waals surface area contributed by atoms with E-state index in [4.69, 9.17) is 14.7 Å². The summed E-state index contributed by atoms with van der Waals surface area (Å²) >= 11 is 0. The van der Waals surface area contributed by atoms with Crippen molar-refractivity contribution in [1.29, 1.82) is 5.26 Å². The molecule has 0 atom stereocenters. The van der Waals surface area contributed by atoms with E-state index < -0.39 is 17.6 Å². The first-order valence-corrected chi connectivity index (χ1v) is 9.84.